The van der Waals surface area contributed by atoms with E-state index in [9.17, 15) is 0 Å². The monoisotopic (exact) mass is 757 g/mol. The summed E-state index contributed by atoms with van der Waals surface area (Å²) >= 11 is 1.86. The van der Waals surface area contributed by atoms with E-state index in [2.05, 4.69) is 181 Å². The first-order valence-corrected chi connectivity index (χ1v) is 20.5. The Morgan fingerprint density at radius 1 is 0.379 bits per heavy atom. The first kappa shape index (κ1) is 31.8. The van der Waals surface area contributed by atoms with Gasteiger partial charge in [0, 0.05) is 59.3 Å². The summed E-state index contributed by atoms with van der Waals surface area (Å²) in [6, 6.07) is 67.8. The zero-order valence-electron chi connectivity index (χ0n) is 31.1. The number of benzene rings is 10. The highest BCUT2D eigenvalue weighted by molar-refractivity contribution is 7.26. The molecule has 0 bridgehead atoms. The quantitative estimate of drug-likeness (QED) is 0.167. The van der Waals surface area contributed by atoms with Crippen molar-refractivity contribution in [1.29, 1.82) is 0 Å². The highest BCUT2D eigenvalue weighted by Crippen LogP contribution is 2.47. The fourth-order valence-corrected chi connectivity index (χ4v) is 10.6. The summed E-state index contributed by atoms with van der Waals surface area (Å²) in [6.45, 7) is 0. The average molecular weight is 758 g/mol. The van der Waals surface area contributed by atoms with E-state index >= 15 is 0 Å². The Balaban J connectivity index is 0.997. The van der Waals surface area contributed by atoms with Gasteiger partial charge < -0.3 is 13.7 Å². The van der Waals surface area contributed by atoms with Crippen LogP contribution in [-0.2, 0) is 0 Å². The van der Waals surface area contributed by atoms with Crippen molar-refractivity contribution < 1.29 is 8.83 Å². The van der Waals surface area contributed by atoms with Crippen molar-refractivity contribution in [2.45, 2.75) is 0 Å². The van der Waals surface area contributed by atoms with Crippen LogP contribution in [-0.4, -0.2) is 0 Å². The molecular formula is C54H31NO2S. The number of hydrogen-bond acceptors (Lipinski definition) is 4. The highest BCUT2D eigenvalue weighted by Gasteiger charge is 2.21. The van der Waals surface area contributed by atoms with Gasteiger partial charge in [0.1, 0.15) is 22.3 Å². The molecule has 0 aliphatic carbocycles. The molecule has 0 saturated heterocycles. The van der Waals surface area contributed by atoms with Crippen LogP contribution in [0.5, 0.6) is 0 Å². The lowest BCUT2D eigenvalue weighted by Crippen LogP contribution is -2.10. The SMILES string of the molecule is c1ccc2c(c1)ccc1cc(N(c3ccc(-c4cccc5c4oc4ccc6ccc7oc8ccccc8c7c6c45)cc3)c3cccc4c3sc3ccccc34)ccc12. The smallest absolute Gasteiger partial charge is 0.143 e. The standard InChI is InChI=1S/C54H31NO2S/c1-2-10-38-32(9-1)19-20-35-31-37(27-28-39(35)38)55(45-16-8-14-42-41-11-4-6-18-49(41)58-54(42)45)36-25-21-33(22-26-36)40-13-7-15-44-52-48(57-53(40)44)30-24-34-23-29-47-51(50(34)52)43-12-3-5-17-46(43)56-47/h1-31H. The second-order valence-electron chi connectivity index (χ2n) is 15.2. The molecule has 13 aromatic rings. The first-order valence-electron chi connectivity index (χ1n) is 19.7. The van der Waals surface area contributed by atoms with Crippen molar-refractivity contribution in [2.75, 3.05) is 4.90 Å². The molecule has 3 heterocycles. The van der Waals surface area contributed by atoms with Gasteiger partial charge in [0.2, 0.25) is 0 Å². The van der Waals surface area contributed by atoms with Gasteiger partial charge in [-0.2, -0.15) is 0 Å². The van der Waals surface area contributed by atoms with E-state index in [1.807, 2.05) is 23.5 Å². The molecule has 3 aromatic heterocycles. The van der Waals surface area contributed by atoms with E-state index in [-0.39, 0.29) is 0 Å². The molecule has 13 rings (SSSR count). The van der Waals surface area contributed by atoms with Gasteiger partial charge in [-0.05, 0) is 87.1 Å². The Hall–Kier alpha value is -7.40. The Morgan fingerprint density at radius 3 is 1.93 bits per heavy atom. The number of rotatable bonds is 4. The van der Waals surface area contributed by atoms with Crippen LogP contribution < -0.4 is 4.90 Å². The van der Waals surface area contributed by atoms with Crippen molar-refractivity contribution in [3.05, 3.63) is 188 Å². The second-order valence-corrected chi connectivity index (χ2v) is 16.2. The maximum absolute atomic E-state index is 6.81. The lowest BCUT2D eigenvalue weighted by molar-refractivity contribution is 0.669. The van der Waals surface area contributed by atoms with E-state index < -0.39 is 0 Å². The van der Waals surface area contributed by atoms with Crippen molar-refractivity contribution >= 4 is 125 Å². The molecule has 0 aliphatic rings. The van der Waals surface area contributed by atoms with Crippen LogP contribution in [0.4, 0.5) is 17.1 Å². The van der Waals surface area contributed by atoms with E-state index in [1.54, 1.807) is 0 Å². The van der Waals surface area contributed by atoms with Crippen LogP contribution >= 0.6 is 11.3 Å². The minimum atomic E-state index is 0.871. The molecule has 0 saturated carbocycles. The summed E-state index contributed by atoms with van der Waals surface area (Å²) in [4.78, 5) is 2.42. The highest BCUT2D eigenvalue weighted by atomic mass is 32.1. The van der Waals surface area contributed by atoms with Crippen LogP contribution in [0.1, 0.15) is 0 Å². The number of furan rings is 2. The Labute approximate surface area is 336 Å². The van der Waals surface area contributed by atoms with E-state index in [0.717, 1.165) is 72.1 Å². The van der Waals surface area contributed by atoms with Crippen LogP contribution in [0.15, 0.2) is 197 Å². The predicted octanol–water partition coefficient (Wildman–Crippen LogP) is 16.4. The summed E-state index contributed by atoms with van der Waals surface area (Å²) in [7, 11) is 0. The number of thiophene rings is 1. The lowest BCUT2D eigenvalue weighted by atomic mass is 9.97. The fraction of sp³-hybridized carbons (Fsp3) is 0. The molecule has 58 heavy (non-hydrogen) atoms. The van der Waals surface area contributed by atoms with Gasteiger partial charge in [0.25, 0.3) is 0 Å². The van der Waals surface area contributed by atoms with E-state index in [0.29, 0.717) is 0 Å². The van der Waals surface area contributed by atoms with Crippen molar-refractivity contribution in [3.63, 3.8) is 0 Å². The van der Waals surface area contributed by atoms with Gasteiger partial charge in [-0.25, -0.2) is 0 Å². The molecule has 0 N–H and O–H groups in total. The lowest BCUT2D eigenvalue weighted by Gasteiger charge is -2.27. The topological polar surface area (TPSA) is 29.5 Å². The molecule has 4 heteroatoms. The number of hydrogen-bond donors (Lipinski definition) is 0. The minimum Gasteiger partial charge on any atom is -0.456 e. The molecule has 0 fully saturated rings. The molecule has 3 nitrogen and oxygen atoms in total. The molecular weight excluding hydrogens is 727 g/mol. The van der Waals surface area contributed by atoms with E-state index in [1.165, 1.54) is 52.5 Å². The molecule has 0 spiro atoms. The van der Waals surface area contributed by atoms with Crippen molar-refractivity contribution in [3.8, 4) is 11.1 Å². The third-order valence-electron chi connectivity index (χ3n) is 12.0. The second kappa shape index (κ2) is 12.1. The minimum absolute atomic E-state index is 0.871. The average Bonchev–Trinajstić information content (AvgIpc) is 3.98. The van der Waals surface area contributed by atoms with Crippen LogP contribution in [0.25, 0.3) is 107 Å². The molecule has 10 aromatic carbocycles. The number of anilines is 3. The molecule has 0 amide bonds. The third-order valence-corrected chi connectivity index (χ3v) is 13.2. The maximum atomic E-state index is 6.81. The van der Waals surface area contributed by atoms with Crippen LogP contribution in [0.2, 0.25) is 0 Å². The zero-order chi connectivity index (χ0) is 37.9. The van der Waals surface area contributed by atoms with Gasteiger partial charge in [-0.1, -0.05) is 133 Å². The zero-order valence-corrected chi connectivity index (χ0v) is 31.9. The molecule has 0 atom stereocenters. The third kappa shape index (κ3) is 4.55. The number of fused-ring (bicyclic) bond motifs is 15. The van der Waals surface area contributed by atoms with Crippen molar-refractivity contribution in [1.82, 2.24) is 0 Å². The van der Waals surface area contributed by atoms with Gasteiger partial charge >= 0.3 is 0 Å². The first-order chi connectivity index (χ1) is 28.7. The predicted molar refractivity (Wildman–Crippen MR) is 247 cm³/mol. The summed E-state index contributed by atoms with van der Waals surface area (Å²) in [6.07, 6.45) is 0. The number of nitrogens with zero attached hydrogens (tertiary/aromatic N) is 1. The van der Waals surface area contributed by atoms with E-state index in [4.69, 9.17) is 8.83 Å². The maximum Gasteiger partial charge on any atom is 0.143 e. The fourth-order valence-electron chi connectivity index (χ4n) is 9.41. The van der Waals surface area contributed by atoms with Crippen LogP contribution in [0.3, 0.4) is 0 Å². The molecule has 0 radical (unpaired) electrons. The summed E-state index contributed by atoms with van der Waals surface area (Å²) < 4.78 is 15.7. The van der Waals surface area contributed by atoms with Gasteiger partial charge in [0.15, 0.2) is 0 Å². The number of para-hydroxylation sites is 2. The molecule has 0 unspecified atom stereocenters. The Kier molecular flexibility index (Phi) is 6.60. The van der Waals surface area contributed by atoms with Gasteiger partial charge in [-0.3, -0.25) is 0 Å². The Morgan fingerprint density at radius 2 is 1.03 bits per heavy atom. The Bertz CT molecular complexity index is 3810. The summed E-state index contributed by atoms with van der Waals surface area (Å²) in [5.41, 5.74) is 9.07. The normalized spacial score (nSPS) is 12.1. The molecule has 270 valence electrons. The van der Waals surface area contributed by atoms with Gasteiger partial charge in [0.05, 0.1) is 10.4 Å². The summed E-state index contributed by atoms with van der Waals surface area (Å²) in [5, 5.41) is 14.4. The largest absolute Gasteiger partial charge is 0.456 e. The summed E-state index contributed by atoms with van der Waals surface area (Å²) in [5.74, 6) is 0. The van der Waals surface area contributed by atoms with Crippen LogP contribution in [0, 0.1) is 0 Å². The van der Waals surface area contributed by atoms with Crippen molar-refractivity contribution in [2.24, 2.45) is 0 Å². The van der Waals surface area contributed by atoms with Gasteiger partial charge in [-0.15, -0.1) is 11.3 Å². The molecule has 0 aliphatic heterocycles.